The molecule has 0 aromatic carbocycles. The van der Waals surface area contributed by atoms with E-state index in [1.165, 1.54) is 0 Å². The van der Waals surface area contributed by atoms with Crippen molar-refractivity contribution in [3.63, 3.8) is 0 Å². The lowest BCUT2D eigenvalue weighted by atomic mass is 9.83. The molecule has 1 aliphatic heterocycles. The van der Waals surface area contributed by atoms with E-state index < -0.39 is 0 Å². The Kier molecular flexibility index (Phi) is 6.33. The molecule has 1 N–H and O–H groups in total. The van der Waals surface area contributed by atoms with E-state index in [4.69, 9.17) is 0 Å². The second-order valence-electron chi connectivity index (χ2n) is 5.50. The number of carbonyl (C=O) groups excluding carboxylic acids is 2. The Bertz CT molecular complexity index is 279. The van der Waals surface area contributed by atoms with Crippen LogP contribution in [0.15, 0.2) is 0 Å². The maximum absolute atomic E-state index is 11.3. The summed E-state index contributed by atoms with van der Waals surface area (Å²) in [7, 11) is 1.64. The third kappa shape index (κ3) is 4.41. The first kappa shape index (κ1) is 15.2. The van der Waals surface area contributed by atoms with E-state index in [1.807, 2.05) is 0 Å². The van der Waals surface area contributed by atoms with Gasteiger partial charge in [0.05, 0.1) is 0 Å². The number of piperidine rings is 1. The zero-order valence-electron chi connectivity index (χ0n) is 11.8. The highest BCUT2D eigenvalue weighted by molar-refractivity contribution is 5.75. The van der Waals surface area contributed by atoms with Gasteiger partial charge in [0.2, 0.25) is 5.91 Å². The van der Waals surface area contributed by atoms with Crippen LogP contribution in [-0.2, 0) is 9.59 Å². The Morgan fingerprint density at radius 1 is 1.50 bits per heavy atom. The van der Waals surface area contributed by atoms with E-state index in [0.717, 1.165) is 32.2 Å². The first-order valence-corrected chi connectivity index (χ1v) is 6.98. The number of rotatable bonds is 6. The first-order valence-electron chi connectivity index (χ1n) is 6.98. The van der Waals surface area contributed by atoms with Crippen molar-refractivity contribution in [3.05, 3.63) is 0 Å². The molecular weight excluding hydrogens is 228 g/mol. The van der Waals surface area contributed by atoms with Crippen molar-refractivity contribution in [1.29, 1.82) is 0 Å². The fourth-order valence-electron chi connectivity index (χ4n) is 2.70. The summed E-state index contributed by atoms with van der Waals surface area (Å²) in [5.74, 6) is 0.477. The molecule has 18 heavy (non-hydrogen) atoms. The van der Waals surface area contributed by atoms with Gasteiger partial charge in [-0.2, -0.15) is 0 Å². The topological polar surface area (TPSA) is 49.4 Å². The van der Waals surface area contributed by atoms with Gasteiger partial charge in [0.15, 0.2) is 0 Å². The number of nitrogens with one attached hydrogen (secondary N) is 1. The Morgan fingerprint density at radius 3 is 2.78 bits per heavy atom. The zero-order chi connectivity index (χ0) is 13.5. The normalized spacial score (nSPS) is 22.8. The predicted molar refractivity (Wildman–Crippen MR) is 72.3 cm³/mol. The summed E-state index contributed by atoms with van der Waals surface area (Å²) in [6.45, 7) is 6.52. The predicted octanol–water partition coefficient (Wildman–Crippen LogP) is 1.45. The SMILES string of the molecule is CNC(=O)CCC(C=O)C1CCCN(C(C)C)C1. The number of likely N-dealkylation sites (tertiary alicyclic amines) is 1. The minimum absolute atomic E-state index is 0.0263. The minimum Gasteiger partial charge on any atom is -0.359 e. The lowest BCUT2D eigenvalue weighted by Gasteiger charge is -2.37. The maximum Gasteiger partial charge on any atom is 0.219 e. The fraction of sp³-hybridized carbons (Fsp3) is 0.857. The van der Waals surface area contributed by atoms with Crippen molar-refractivity contribution in [2.24, 2.45) is 11.8 Å². The molecule has 0 aliphatic carbocycles. The molecule has 0 bridgehead atoms. The smallest absolute Gasteiger partial charge is 0.219 e. The summed E-state index contributed by atoms with van der Waals surface area (Å²) >= 11 is 0. The molecular formula is C14H26N2O2. The third-order valence-electron chi connectivity index (χ3n) is 3.98. The van der Waals surface area contributed by atoms with Crippen LogP contribution < -0.4 is 5.32 Å². The van der Waals surface area contributed by atoms with Crippen molar-refractivity contribution in [2.45, 2.75) is 45.6 Å². The molecule has 1 rings (SSSR count). The quantitative estimate of drug-likeness (QED) is 0.730. The molecule has 0 spiro atoms. The van der Waals surface area contributed by atoms with Crippen LogP contribution in [0.5, 0.6) is 0 Å². The van der Waals surface area contributed by atoms with E-state index in [-0.39, 0.29) is 11.8 Å². The van der Waals surface area contributed by atoms with Crippen LogP contribution in [0.1, 0.15) is 39.5 Å². The van der Waals surface area contributed by atoms with Crippen molar-refractivity contribution < 1.29 is 9.59 Å². The van der Waals surface area contributed by atoms with E-state index in [9.17, 15) is 9.59 Å². The lowest BCUT2D eigenvalue weighted by molar-refractivity contribution is -0.121. The minimum atomic E-state index is 0.0263. The molecule has 2 unspecified atom stereocenters. The fourth-order valence-corrected chi connectivity index (χ4v) is 2.70. The standard InChI is InChI=1S/C14H26N2O2/c1-11(2)16-8-4-5-12(9-16)13(10-17)6-7-14(18)15-3/h10-13H,4-9H2,1-3H3,(H,15,18). The molecule has 1 saturated heterocycles. The highest BCUT2D eigenvalue weighted by Crippen LogP contribution is 2.27. The number of aldehydes is 1. The van der Waals surface area contributed by atoms with Gasteiger partial charge in [0.25, 0.3) is 0 Å². The van der Waals surface area contributed by atoms with Crippen LogP contribution >= 0.6 is 0 Å². The van der Waals surface area contributed by atoms with Crippen LogP contribution in [0.4, 0.5) is 0 Å². The summed E-state index contributed by atoms with van der Waals surface area (Å²) in [5.41, 5.74) is 0. The van der Waals surface area contributed by atoms with Crippen LogP contribution in [0.2, 0.25) is 0 Å². The van der Waals surface area contributed by atoms with Crippen LogP contribution in [-0.4, -0.2) is 43.3 Å². The highest BCUT2D eigenvalue weighted by Gasteiger charge is 2.28. The molecule has 0 aromatic rings. The largest absolute Gasteiger partial charge is 0.359 e. The first-order chi connectivity index (χ1) is 8.58. The van der Waals surface area contributed by atoms with Gasteiger partial charge in [-0.3, -0.25) is 4.79 Å². The van der Waals surface area contributed by atoms with E-state index >= 15 is 0 Å². The Labute approximate surface area is 110 Å². The van der Waals surface area contributed by atoms with Gasteiger partial charge in [-0.25, -0.2) is 0 Å². The van der Waals surface area contributed by atoms with E-state index in [0.29, 0.717) is 24.8 Å². The monoisotopic (exact) mass is 254 g/mol. The number of amides is 1. The van der Waals surface area contributed by atoms with Crippen LogP contribution in [0, 0.1) is 11.8 Å². The highest BCUT2D eigenvalue weighted by atomic mass is 16.1. The van der Waals surface area contributed by atoms with Gasteiger partial charge in [0, 0.05) is 32.0 Å². The molecule has 1 aliphatic rings. The molecule has 0 radical (unpaired) electrons. The molecule has 1 heterocycles. The van der Waals surface area contributed by atoms with Gasteiger partial charge in [-0.05, 0) is 45.6 Å². The zero-order valence-corrected chi connectivity index (χ0v) is 11.8. The van der Waals surface area contributed by atoms with Gasteiger partial charge in [-0.15, -0.1) is 0 Å². The number of nitrogens with zero attached hydrogens (tertiary/aromatic N) is 1. The third-order valence-corrected chi connectivity index (χ3v) is 3.98. The number of carbonyl (C=O) groups is 2. The van der Waals surface area contributed by atoms with Crippen LogP contribution in [0.25, 0.3) is 0 Å². The summed E-state index contributed by atoms with van der Waals surface area (Å²) in [6.07, 6.45) is 4.46. The molecule has 1 fully saturated rings. The van der Waals surface area contributed by atoms with Crippen molar-refractivity contribution in [3.8, 4) is 0 Å². The van der Waals surface area contributed by atoms with E-state index in [1.54, 1.807) is 7.05 Å². The van der Waals surface area contributed by atoms with Gasteiger partial charge >= 0.3 is 0 Å². The summed E-state index contributed by atoms with van der Waals surface area (Å²) in [4.78, 5) is 24.9. The van der Waals surface area contributed by atoms with Crippen molar-refractivity contribution in [2.75, 3.05) is 20.1 Å². The van der Waals surface area contributed by atoms with E-state index in [2.05, 4.69) is 24.1 Å². The van der Waals surface area contributed by atoms with Crippen LogP contribution in [0.3, 0.4) is 0 Å². The summed E-state index contributed by atoms with van der Waals surface area (Å²) in [5, 5.41) is 2.61. The van der Waals surface area contributed by atoms with Gasteiger partial charge in [0.1, 0.15) is 6.29 Å². The van der Waals surface area contributed by atoms with Crippen molar-refractivity contribution in [1.82, 2.24) is 10.2 Å². The summed E-state index contributed by atoms with van der Waals surface area (Å²) < 4.78 is 0. The van der Waals surface area contributed by atoms with Crippen molar-refractivity contribution >= 4 is 12.2 Å². The second-order valence-corrected chi connectivity index (χ2v) is 5.50. The Morgan fingerprint density at radius 2 is 2.22 bits per heavy atom. The molecule has 0 aromatic heterocycles. The Hall–Kier alpha value is -0.900. The molecule has 104 valence electrons. The molecule has 0 saturated carbocycles. The number of hydrogen-bond donors (Lipinski definition) is 1. The molecule has 1 amide bonds. The molecule has 4 heteroatoms. The summed E-state index contributed by atoms with van der Waals surface area (Å²) in [6, 6.07) is 0.541. The average molecular weight is 254 g/mol. The average Bonchev–Trinajstić information content (AvgIpc) is 2.39. The molecule has 2 atom stereocenters. The lowest BCUT2D eigenvalue weighted by Crippen LogP contribution is -2.42. The van der Waals surface area contributed by atoms with Gasteiger partial charge < -0.3 is 15.0 Å². The number of hydrogen-bond acceptors (Lipinski definition) is 3. The second kappa shape index (κ2) is 7.52. The molecule has 4 nitrogen and oxygen atoms in total. The van der Waals surface area contributed by atoms with Gasteiger partial charge in [-0.1, -0.05) is 0 Å². The Balaban J connectivity index is 2.48. The maximum atomic E-state index is 11.3.